The van der Waals surface area contributed by atoms with Gasteiger partial charge in [-0.25, -0.2) is 0 Å². The van der Waals surface area contributed by atoms with E-state index in [1.807, 2.05) is 18.3 Å². The van der Waals surface area contributed by atoms with Crippen LogP contribution in [0.3, 0.4) is 0 Å². The molecule has 0 fully saturated rings. The molecule has 4 nitrogen and oxygen atoms in total. The van der Waals surface area contributed by atoms with E-state index in [0.29, 0.717) is 12.2 Å². The van der Waals surface area contributed by atoms with Crippen molar-refractivity contribution in [1.82, 2.24) is 4.98 Å². The molecule has 0 spiro atoms. The molecular formula is C22H31NO3Si. The van der Waals surface area contributed by atoms with Gasteiger partial charge >= 0.3 is 0 Å². The highest BCUT2D eigenvalue weighted by Gasteiger charge is 2.36. The Kier molecular flexibility index (Phi) is 7.33. The normalized spacial score (nSPS) is 12.0. The monoisotopic (exact) mass is 385 g/mol. The lowest BCUT2D eigenvalue weighted by atomic mass is 10.2. The van der Waals surface area contributed by atoms with E-state index in [9.17, 15) is 4.79 Å². The Morgan fingerprint density at radius 3 is 2.26 bits per heavy atom. The maximum Gasteiger partial charge on any atom is 0.191 e. The first-order valence-electron chi connectivity index (χ1n) is 9.47. The van der Waals surface area contributed by atoms with Gasteiger partial charge in [-0.2, -0.15) is 0 Å². The first kappa shape index (κ1) is 21.3. The zero-order valence-corrected chi connectivity index (χ0v) is 18.1. The van der Waals surface area contributed by atoms with Crippen molar-refractivity contribution in [3.8, 4) is 5.75 Å². The minimum absolute atomic E-state index is 0.239. The van der Waals surface area contributed by atoms with Crippen molar-refractivity contribution >= 4 is 14.6 Å². The molecule has 0 amide bonds. The predicted octanol–water partition coefficient (Wildman–Crippen LogP) is 5.08. The van der Waals surface area contributed by atoms with Crippen LogP contribution in [-0.4, -0.2) is 32.8 Å². The van der Waals surface area contributed by atoms with Crippen LogP contribution in [0.5, 0.6) is 5.75 Å². The molecule has 0 saturated carbocycles. The average Bonchev–Trinajstić information content (AvgIpc) is 2.62. The largest absolute Gasteiger partial charge is 0.493 e. The summed E-state index contributed by atoms with van der Waals surface area (Å²) < 4.78 is 11.9. The standard InChI is InChI=1S/C22H31NO3Si/c1-22(2,3)27(4,5)26-15-12-18-6-9-20(23-16-18)13-14-25-21-10-7-19(17-24)8-11-21/h6-11,16-17H,12-15H2,1-5H3. The number of pyridine rings is 1. The van der Waals surface area contributed by atoms with Crippen LogP contribution in [0.4, 0.5) is 0 Å². The highest BCUT2D eigenvalue weighted by atomic mass is 28.4. The fourth-order valence-corrected chi connectivity index (χ4v) is 3.35. The Hall–Kier alpha value is -1.98. The molecule has 0 N–H and O–H groups in total. The molecule has 2 aromatic rings. The molecule has 0 bridgehead atoms. The Bertz CT molecular complexity index is 719. The fraction of sp³-hybridized carbons (Fsp3) is 0.455. The minimum atomic E-state index is -1.68. The van der Waals surface area contributed by atoms with E-state index in [2.05, 4.69) is 51.0 Å². The number of carbonyl (C=O) groups excluding carboxylic acids is 1. The lowest BCUT2D eigenvalue weighted by Gasteiger charge is -2.36. The number of hydrogen-bond donors (Lipinski definition) is 0. The summed E-state index contributed by atoms with van der Waals surface area (Å²) >= 11 is 0. The summed E-state index contributed by atoms with van der Waals surface area (Å²) in [4.78, 5) is 15.2. The second kappa shape index (κ2) is 9.29. The van der Waals surface area contributed by atoms with Crippen molar-refractivity contribution in [3.05, 3.63) is 59.4 Å². The van der Waals surface area contributed by atoms with Gasteiger partial charge in [0, 0.05) is 30.5 Å². The molecule has 1 aromatic carbocycles. The number of rotatable bonds is 9. The average molecular weight is 386 g/mol. The Morgan fingerprint density at radius 2 is 1.70 bits per heavy atom. The summed E-state index contributed by atoms with van der Waals surface area (Å²) in [5.41, 5.74) is 2.86. The van der Waals surface area contributed by atoms with Gasteiger partial charge in [0.25, 0.3) is 0 Å². The van der Waals surface area contributed by atoms with Gasteiger partial charge in [0.1, 0.15) is 12.0 Å². The molecule has 0 unspecified atom stereocenters. The summed E-state index contributed by atoms with van der Waals surface area (Å²) in [6.45, 7) is 12.6. The van der Waals surface area contributed by atoms with Gasteiger partial charge in [0.2, 0.25) is 0 Å². The van der Waals surface area contributed by atoms with E-state index in [1.54, 1.807) is 12.1 Å². The Balaban J connectivity index is 1.75. The molecular weight excluding hydrogens is 354 g/mol. The van der Waals surface area contributed by atoms with Crippen molar-refractivity contribution in [1.29, 1.82) is 0 Å². The van der Waals surface area contributed by atoms with E-state index in [1.165, 1.54) is 5.56 Å². The maximum absolute atomic E-state index is 10.6. The van der Waals surface area contributed by atoms with E-state index >= 15 is 0 Å². The van der Waals surface area contributed by atoms with E-state index in [-0.39, 0.29) is 5.04 Å². The number of hydrogen-bond acceptors (Lipinski definition) is 4. The first-order valence-corrected chi connectivity index (χ1v) is 12.4. The van der Waals surface area contributed by atoms with Crippen LogP contribution >= 0.6 is 0 Å². The van der Waals surface area contributed by atoms with Gasteiger partial charge in [-0.15, -0.1) is 0 Å². The van der Waals surface area contributed by atoms with Gasteiger partial charge in [-0.05, 0) is 60.4 Å². The molecule has 2 rings (SSSR count). The summed E-state index contributed by atoms with van der Waals surface area (Å²) in [5, 5.41) is 0.239. The Morgan fingerprint density at radius 1 is 1.00 bits per heavy atom. The van der Waals surface area contributed by atoms with E-state index < -0.39 is 8.32 Å². The second-order valence-corrected chi connectivity index (χ2v) is 13.1. The third-order valence-electron chi connectivity index (χ3n) is 5.19. The maximum atomic E-state index is 10.6. The number of nitrogens with zero attached hydrogens (tertiary/aromatic N) is 1. The quantitative estimate of drug-likeness (QED) is 0.446. The molecule has 0 saturated heterocycles. The minimum Gasteiger partial charge on any atom is -0.493 e. The number of aldehydes is 1. The number of benzene rings is 1. The molecule has 1 heterocycles. The zero-order valence-electron chi connectivity index (χ0n) is 17.1. The lowest BCUT2D eigenvalue weighted by Crippen LogP contribution is -2.41. The van der Waals surface area contributed by atoms with Crippen LogP contribution < -0.4 is 4.74 Å². The molecule has 0 atom stereocenters. The van der Waals surface area contributed by atoms with Crippen molar-refractivity contribution < 1.29 is 14.0 Å². The van der Waals surface area contributed by atoms with E-state index in [4.69, 9.17) is 9.16 Å². The summed E-state index contributed by atoms with van der Waals surface area (Å²) in [6, 6.07) is 11.3. The third kappa shape index (κ3) is 6.59. The van der Waals surface area contributed by atoms with Gasteiger partial charge in [0.15, 0.2) is 8.32 Å². The van der Waals surface area contributed by atoms with Gasteiger partial charge in [0.05, 0.1) is 6.61 Å². The van der Waals surface area contributed by atoms with Crippen molar-refractivity contribution in [3.63, 3.8) is 0 Å². The van der Waals surface area contributed by atoms with Gasteiger partial charge < -0.3 is 9.16 Å². The number of carbonyl (C=O) groups is 1. The zero-order chi connectivity index (χ0) is 19.9. The predicted molar refractivity (Wildman–Crippen MR) is 112 cm³/mol. The molecule has 5 heteroatoms. The van der Waals surface area contributed by atoms with Gasteiger partial charge in [-0.3, -0.25) is 9.78 Å². The molecule has 0 aliphatic rings. The van der Waals surface area contributed by atoms with Crippen LogP contribution in [0, 0.1) is 0 Å². The Labute approximate surface area is 164 Å². The molecule has 1 aromatic heterocycles. The van der Waals surface area contributed by atoms with Crippen LogP contribution in [-0.2, 0) is 17.3 Å². The van der Waals surface area contributed by atoms with Crippen molar-refractivity contribution in [2.75, 3.05) is 13.2 Å². The molecule has 27 heavy (non-hydrogen) atoms. The molecule has 0 aliphatic heterocycles. The summed E-state index contributed by atoms with van der Waals surface area (Å²) in [5.74, 6) is 0.764. The van der Waals surface area contributed by atoms with Crippen LogP contribution in [0.25, 0.3) is 0 Å². The van der Waals surface area contributed by atoms with Crippen molar-refractivity contribution in [2.45, 2.75) is 51.7 Å². The summed E-state index contributed by atoms with van der Waals surface area (Å²) in [7, 11) is -1.68. The highest BCUT2D eigenvalue weighted by molar-refractivity contribution is 6.74. The second-order valence-electron chi connectivity index (χ2n) is 8.30. The van der Waals surface area contributed by atoms with Crippen LogP contribution in [0.15, 0.2) is 42.6 Å². The molecule has 146 valence electrons. The highest BCUT2D eigenvalue weighted by Crippen LogP contribution is 2.36. The van der Waals surface area contributed by atoms with Crippen molar-refractivity contribution in [2.24, 2.45) is 0 Å². The van der Waals surface area contributed by atoms with Crippen LogP contribution in [0.2, 0.25) is 18.1 Å². The molecule has 0 radical (unpaired) electrons. The lowest BCUT2D eigenvalue weighted by molar-refractivity contribution is 0.112. The van der Waals surface area contributed by atoms with Gasteiger partial charge in [-0.1, -0.05) is 26.8 Å². The summed E-state index contributed by atoms with van der Waals surface area (Å²) in [6.07, 6.45) is 4.39. The fourth-order valence-electron chi connectivity index (χ4n) is 2.31. The third-order valence-corrected chi connectivity index (χ3v) is 9.73. The smallest absolute Gasteiger partial charge is 0.191 e. The first-order chi connectivity index (χ1) is 12.7. The SMILES string of the molecule is CC(C)(C)[Si](C)(C)OCCc1ccc(CCOc2ccc(C=O)cc2)nc1. The van der Waals surface area contributed by atoms with E-state index in [0.717, 1.165) is 37.2 Å². The molecule has 0 aliphatic carbocycles. The number of ether oxygens (including phenoxy) is 1. The topological polar surface area (TPSA) is 48.4 Å². The number of aromatic nitrogens is 1. The van der Waals surface area contributed by atoms with Crippen LogP contribution in [0.1, 0.15) is 42.4 Å².